The first-order chi connectivity index (χ1) is 15.3. The summed E-state index contributed by atoms with van der Waals surface area (Å²) in [6.07, 6.45) is 9.98. The number of likely N-dealkylation sites (tertiary alicyclic amines) is 1. The summed E-state index contributed by atoms with van der Waals surface area (Å²) < 4.78 is 3.77. The van der Waals surface area contributed by atoms with Crippen LogP contribution in [0, 0.1) is 0 Å². The molecule has 3 aromatic heterocycles. The minimum Gasteiger partial charge on any atom is -0.364 e. The molecule has 5 rings (SSSR count). The number of fused-ring (bicyclic) bond motifs is 1. The van der Waals surface area contributed by atoms with Crippen LogP contribution >= 0.6 is 0 Å². The largest absolute Gasteiger partial charge is 0.364 e. The number of rotatable bonds is 6. The second-order valence-corrected chi connectivity index (χ2v) is 9.83. The van der Waals surface area contributed by atoms with E-state index in [2.05, 4.69) is 39.6 Å². The van der Waals surface area contributed by atoms with Gasteiger partial charge in [-0.05, 0) is 72.7 Å². The second kappa shape index (κ2) is 7.88. The molecule has 170 valence electrons. The SMILES string of the molecule is CC(C)n1ccc2nc(Nc3cnn(C4CCN(C)CC4)c3)nc(NC3(C)CC3)c2c1=O. The molecule has 32 heavy (non-hydrogen) atoms. The molecule has 2 N–H and O–H groups in total. The van der Waals surface area contributed by atoms with Crippen molar-refractivity contribution < 1.29 is 0 Å². The van der Waals surface area contributed by atoms with Gasteiger partial charge in [-0.25, -0.2) is 4.98 Å². The fourth-order valence-electron chi connectivity index (χ4n) is 4.30. The Morgan fingerprint density at radius 2 is 1.94 bits per heavy atom. The smallest absolute Gasteiger partial charge is 0.264 e. The van der Waals surface area contributed by atoms with Gasteiger partial charge in [0.25, 0.3) is 5.56 Å². The zero-order chi connectivity index (χ0) is 22.5. The highest BCUT2D eigenvalue weighted by molar-refractivity contribution is 5.90. The molecule has 3 aromatic rings. The fourth-order valence-corrected chi connectivity index (χ4v) is 4.30. The zero-order valence-electron chi connectivity index (χ0n) is 19.3. The number of anilines is 3. The molecule has 1 saturated carbocycles. The van der Waals surface area contributed by atoms with Gasteiger partial charge in [0.05, 0.1) is 23.4 Å². The topological polar surface area (TPSA) is 92.9 Å². The van der Waals surface area contributed by atoms with E-state index in [-0.39, 0.29) is 17.1 Å². The summed E-state index contributed by atoms with van der Waals surface area (Å²) in [6.45, 7) is 8.33. The first kappa shape index (κ1) is 20.9. The molecule has 2 aliphatic rings. The third-order valence-electron chi connectivity index (χ3n) is 6.67. The maximum Gasteiger partial charge on any atom is 0.264 e. The fraction of sp³-hybridized carbons (Fsp3) is 0.565. The Morgan fingerprint density at radius 3 is 2.62 bits per heavy atom. The highest BCUT2D eigenvalue weighted by atomic mass is 16.1. The van der Waals surface area contributed by atoms with Crippen molar-refractivity contribution in [3.05, 3.63) is 35.0 Å². The van der Waals surface area contributed by atoms with E-state index < -0.39 is 0 Å². The van der Waals surface area contributed by atoms with Crippen LogP contribution in [0.5, 0.6) is 0 Å². The first-order valence-electron chi connectivity index (χ1n) is 11.5. The molecule has 1 saturated heterocycles. The van der Waals surface area contributed by atoms with Crippen molar-refractivity contribution in [3.63, 3.8) is 0 Å². The molecule has 0 unspecified atom stereocenters. The number of piperidine rings is 1. The molecule has 9 nitrogen and oxygen atoms in total. The molecule has 1 aliphatic carbocycles. The van der Waals surface area contributed by atoms with Crippen molar-refractivity contribution in [2.24, 2.45) is 0 Å². The van der Waals surface area contributed by atoms with E-state index in [9.17, 15) is 4.79 Å². The van der Waals surface area contributed by atoms with Crippen LogP contribution in [0.15, 0.2) is 29.5 Å². The summed E-state index contributed by atoms with van der Waals surface area (Å²) in [5, 5.41) is 11.9. The summed E-state index contributed by atoms with van der Waals surface area (Å²) in [6, 6.07) is 2.38. The third kappa shape index (κ3) is 4.09. The second-order valence-electron chi connectivity index (χ2n) is 9.83. The van der Waals surface area contributed by atoms with E-state index >= 15 is 0 Å². The number of hydrogen-bond acceptors (Lipinski definition) is 7. The van der Waals surface area contributed by atoms with Gasteiger partial charge >= 0.3 is 0 Å². The summed E-state index contributed by atoms with van der Waals surface area (Å²) in [5.74, 6) is 1.06. The van der Waals surface area contributed by atoms with Crippen LogP contribution in [0.2, 0.25) is 0 Å². The van der Waals surface area contributed by atoms with Gasteiger partial charge in [-0.2, -0.15) is 10.1 Å². The monoisotopic (exact) mass is 436 g/mol. The van der Waals surface area contributed by atoms with Gasteiger partial charge in [0.1, 0.15) is 11.2 Å². The Hall–Kier alpha value is -2.94. The van der Waals surface area contributed by atoms with Gasteiger partial charge in [-0.15, -0.1) is 0 Å². The van der Waals surface area contributed by atoms with Gasteiger partial charge < -0.3 is 20.1 Å². The van der Waals surface area contributed by atoms with Gasteiger partial charge in [0, 0.05) is 24.0 Å². The predicted octanol–water partition coefficient (Wildman–Crippen LogP) is 3.54. The van der Waals surface area contributed by atoms with Crippen LogP contribution in [0.1, 0.15) is 58.5 Å². The number of nitrogens with one attached hydrogen (secondary N) is 2. The molecule has 4 heterocycles. The lowest BCUT2D eigenvalue weighted by atomic mass is 10.1. The minimum atomic E-state index is -0.0640. The molecule has 0 amide bonds. The third-order valence-corrected chi connectivity index (χ3v) is 6.67. The summed E-state index contributed by atoms with van der Waals surface area (Å²) in [5.41, 5.74) is 1.41. The van der Waals surface area contributed by atoms with E-state index in [1.165, 1.54) is 0 Å². The molecular weight excluding hydrogens is 404 g/mol. The summed E-state index contributed by atoms with van der Waals surface area (Å²) in [7, 11) is 2.16. The lowest BCUT2D eigenvalue weighted by Crippen LogP contribution is -2.31. The minimum absolute atomic E-state index is 0.0114. The van der Waals surface area contributed by atoms with Gasteiger partial charge in [0.2, 0.25) is 5.95 Å². The quantitative estimate of drug-likeness (QED) is 0.610. The molecule has 2 fully saturated rings. The van der Waals surface area contributed by atoms with E-state index in [1.807, 2.05) is 43.2 Å². The molecule has 0 spiro atoms. The Kier molecular flexibility index (Phi) is 5.16. The molecule has 0 aromatic carbocycles. The normalized spacial score (nSPS) is 18.9. The van der Waals surface area contributed by atoms with E-state index in [0.29, 0.717) is 28.7 Å². The van der Waals surface area contributed by atoms with Crippen LogP contribution < -0.4 is 16.2 Å². The van der Waals surface area contributed by atoms with Crippen LogP contribution in [-0.2, 0) is 0 Å². The van der Waals surface area contributed by atoms with Crippen molar-refractivity contribution in [1.82, 2.24) is 29.2 Å². The lowest BCUT2D eigenvalue weighted by molar-refractivity contribution is 0.212. The van der Waals surface area contributed by atoms with Crippen LogP contribution in [0.25, 0.3) is 10.9 Å². The maximum absolute atomic E-state index is 13.2. The molecular formula is C23H32N8O. The number of pyridine rings is 1. The zero-order valence-corrected chi connectivity index (χ0v) is 19.3. The van der Waals surface area contributed by atoms with Gasteiger partial charge in [-0.1, -0.05) is 0 Å². The van der Waals surface area contributed by atoms with Crippen molar-refractivity contribution in [2.45, 2.75) is 64.1 Å². The van der Waals surface area contributed by atoms with Crippen LogP contribution in [-0.4, -0.2) is 54.9 Å². The van der Waals surface area contributed by atoms with Crippen LogP contribution in [0.4, 0.5) is 17.5 Å². The Bertz CT molecular complexity index is 1180. The Morgan fingerprint density at radius 1 is 1.19 bits per heavy atom. The van der Waals surface area contributed by atoms with E-state index in [4.69, 9.17) is 4.98 Å². The molecule has 9 heteroatoms. The summed E-state index contributed by atoms with van der Waals surface area (Å²) in [4.78, 5) is 24.9. The number of aromatic nitrogens is 5. The van der Waals surface area contributed by atoms with Crippen molar-refractivity contribution >= 4 is 28.4 Å². The van der Waals surface area contributed by atoms with Crippen molar-refractivity contribution in [3.8, 4) is 0 Å². The van der Waals surface area contributed by atoms with E-state index in [1.54, 1.807) is 4.57 Å². The number of hydrogen-bond donors (Lipinski definition) is 2. The standard InChI is InChI=1S/C23H32N8O/c1-15(2)30-12-7-18-19(21(30)32)20(28-23(3)8-9-23)27-22(26-18)25-16-13-24-31(14-16)17-5-10-29(4)11-6-17/h7,12-15,17H,5-6,8-11H2,1-4H3,(H2,25,26,27,28). The van der Waals surface area contributed by atoms with Crippen molar-refractivity contribution in [2.75, 3.05) is 30.8 Å². The highest BCUT2D eigenvalue weighted by Crippen LogP contribution is 2.39. The highest BCUT2D eigenvalue weighted by Gasteiger charge is 2.38. The lowest BCUT2D eigenvalue weighted by Gasteiger charge is -2.28. The van der Waals surface area contributed by atoms with Crippen LogP contribution in [0.3, 0.4) is 0 Å². The first-order valence-corrected chi connectivity index (χ1v) is 11.5. The van der Waals surface area contributed by atoms with Gasteiger partial charge in [0.15, 0.2) is 0 Å². The van der Waals surface area contributed by atoms with Gasteiger partial charge in [-0.3, -0.25) is 9.48 Å². The molecule has 0 atom stereocenters. The molecule has 1 aliphatic heterocycles. The molecule has 0 bridgehead atoms. The molecule has 0 radical (unpaired) electrons. The number of nitrogens with zero attached hydrogens (tertiary/aromatic N) is 6. The predicted molar refractivity (Wildman–Crippen MR) is 127 cm³/mol. The Balaban J connectivity index is 1.47. The maximum atomic E-state index is 13.2. The van der Waals surface area contributed by atoms with Crippen molar-refractivity contribution in [1.29, 1.82) is 0 Å². The Labute approximate surface area is 187 Å². The average Bonchev–Trinajstić information content (AvgIpc) is 3.28. The summed E-state index contributed by atoms with van der Waals surface area (Å²) >= 11 is 0. The average molecular weight is 437 g/mol. The van der Waals surface area contributed by atoms with E-state index in [0.717, 1.165) is 44.5 Å².